The van der Waals surface area contributed by atoms with Gasteiger partial charge in [0.05, 0.1) is 5.76 Å². The van der Waals surface area contributed by atoms with Crippen LogP contribution in [-0.2, 0) is 36.7 Å². The number of hydrogen-bond acceptors (Lipinski definition) is 4. The monoisotopic (exact) mass is 827 g/mol. The maximum Gasteiger partial charge on any atom is 0.162 e. The van der Waals surface area contributed by atoms with Gasteiger partial charge in [0.2, 0.25) is 0 Å². The maximum absolute atomic E-state index is 11.7. The van der Waals surface area contributed by atoms with Crippen LogP contribution in [0.5, 0.6) is 0 Å². The largest absolute Gasteiger partial charge is 0.512 e. The first-order chi connectivity index (χ1) is 21.9. The summed E-state index contributed by atoms with van der Waals surface area (Å²) < 4.78 is 2.60. The van der Waals surface area contributed by atoms with Crippen molar-refractivity contribution in [1.82, 2.24) is 4.98 Å². The van der Waals surface area contributed by atoms with E-state index in [0.29, 0.717) is 5.92 Å². The van der Waals surface area contributed by atoms with E-state index in [0.717, 1.165) is 48.7 Å². The van der Waals surface area contributed by atoms with Crippen molar-refractivity contribution in [2.45, 2.75) is 99.8 Å². The summed E-state index contributed by atoms with van der Waals surface area (Å²) in [5.41, 5.74) is 4.93. The molecule has 0 bridgehead atoms. The van der Waals surface area contributed by atoms with Crippen molar-refractivity contribution in [1.29, 1.82) is 0 Å². The average Bonchev–Trinajstić information content (AvgIpc) is 3.39. The van der Waals surface area contributed by atoms with Crippen LogP contribution in [0, 0.1) is 23.8 Å². The summed E-state index contributed by atoms with van der Waals surface area (Å²) in [6.07, 6.45) is 7.97. The number of aliphatic hydroxyl groups excluding tert-OH is 1. The number of rotatable bonds is 10. The summed E-state index contributed by atoms with van der Waals surface area (Å²) in [4.78, 5) is 16.6. The second-order valence-electron chi connectivity index (χ2n) is 14.0. The molecule has 0 saturated heterocycles. The first-order valence-corrected chi connectivity index (χ1v) is 17.9. The molecule has 5 rings (SSSR count). The van der Waals surface area contributed by atoms with E-state index in [2.05, 4.69) is 95.3 Å². The Morgan fingerprint density at radius 1 is 0.894 bits per heavy atom. The molecular weight excluding hydrogens is 775 g/mol. The molecule has 0 aliphatic rings. The Bertz CT molecular complexity index is 1820. The topological polar surface area (TPSA) is 50.2 Å². The van der Waals surface area contributed by atoms with Gasteiger partial charge >= 0.3 is 0 Å². The van der Waals surface area contributed by atoms with Crippen LogP contribution in [0.3, 0.4) is 0 Å². The van der Waals surface area contributed by atoms with Gasteiger partial charge in [-0.15, -0.1) is 40.5 Å². The summed E-state index contributed by atoms with van der Waals surface area (Å²) >= 11 is 1.86. The van der Waals surface area contributed by atoms with Crippen LogP contribution < -0.4 is 0 Å². The van der Waals surface area contributed by atoms with Gasteiger partial charge < -0.3 is 5.11 Å². The van der Waals surface area contributed by atoms with Crippen LogP contribution in [0.15, 0.2) is 72.6 Å². The number of benzene rings is 3. The minimum absolute atomic E-state index is 0. The summed E-state index contributed by atoms with van der Waals surface area (Å²) in [7, 11) is 0. The first-order valence-electron chi connectivity index (χ1n) is 17.1. The fourth-order valence-electron chi connectivity index (χ4n) is 6.30. The fourth-order valence-corrected chi connectivity index (χ4v) is 7.56. The molecule has 0 fully saturated rings. The summed E-state index contributed by atoms with van der Waals surface area (Å²) in [5.74, 6) is 1.21. The number of nitrogens with zero attached hydrogens (tertiary/aromatic N) is 1. The predicted octanol–water partition coefficient (Wildman–Crippen LogP) is 12.4. The van der Waals surface area contributed by atoms with E-state index in [1.165, 1.54) is 42.8 Å². The Kier molecular flexibility index (Phi) is 14.0. The van der Waals surface area contributed by atoms with Crippen molar-refractivity contribution in [3.05, 3.63) is 89.8 Å². The van der Waals surface area contributed by atoms with E-state index >= 15 is 0 Å². The fraction of sp³-hybridized carbons (Fsp3) is 0.429. The van der Waals surface area contributed by atoms with Gasteiger partial charge in [0.1, 0.15) is 0 Å². The zero-order valence-electron chi connectivity index (χ0n) is 29.7. The molecule has 0 unspecified atom stereocenters. The van der Waals surface area contributed by atoms with Crippen molar-refractivity contribution < 1.29 is 30.0 Å². The number of carbonyl (C=O) groups excluding carboxylic acids is 1. The van der Waals surface area contributed by atoms with Crippen molar-refractivity contribution in [3.63, 3.8) is 0 Å². The number of hydrogen-bond donors (Lipinski definition) is 1. The Morgan fingerprint density at radius 2 is 1.55 bits per heavy atom. The average molecular weight is 827 g/mol. The zero-order chi connectivity index (χ0) is 33.6. The number of pyridine rings is 1. The van der Waals surface area contributed by atoms with Crippen LogP contribution in [-0.4, -0.2) is 15.9 Å². The van der Waals surface area contributed by atoms with Gasteiger partial charge in [-0.2, -0.15) is 0 Å². The number of aliphatic hydroxyl groups is 1. The van der Waals surface area contributed by atoms with Crippen molar-refractivity contribution in [3.8, 4) is 11.3 Å². The Hall–Kier alpha value is -2.85. The minimum Gasteiger partial charge on any atom is -0.512 e. The molecule has 5 aromatic rings. The van der Waals surface area contributed by atoms with Gasteiger partial charge in [0.15, 0.2) is 5.78 Å². The smallest absolute Gasteiger partial charge is 0.162 e. The molecule has 47 heavy (non-hydrogen) atoms. The second kappa shape index (κ2) is 17.0. The van der Waals surface area contributed by atoms with Gasteiger partial charge in [-0.25, -0.2) is 0 Å². The number of thiophene rings is 1. The van der Waals surface area contributed by atoms with Gasteiger partial charge in [0, 0.05) is 59.3 Å². The standard InChI is InChI=1S/C29H28NS.C13H24O2.Ir/c1-18(2)14-19-10-11-23-24-12-13-30-27(28(24)31-26(23)15-19)21-16-20-8-6-7-9-22(20)25(17-21)29(3,4)5;1-5-10(6-2)12(14)9-13(15)11(7-3)8-4;/h6-13,15,17-18H,14H2,1-5H3;9-11,14H,5-8H2,1-4H3;/q-1;;/b;12-9-;. The Morgan fingerprint density at radius 3 is 2.17 bits per heavy atom. The molecule has 1 N–H and O–H groups in total. The molecule has 0 spiro atoms. The van der Waals surface area contributed by atoms with Gasteiger partial charge in [-0.1, -0.05) is 104 Å². The summed E-state index contributed by atoms with van der Waals surface area (Å²) in [6.45, 7) is 19.5. The molecule has 2 heterocycles. The molecule has 0 aliphatic heterocycles. The van der Waals surface area contributed by atoms with Gasteiger partial charge in [-0.05, 0) is 71.9 Å². The van der Waals surface area contributed by atoms with Crippen LogP contribution in [0.2, 0.25) is 0 Å². The van der Waals surface area contributed by atoms with Gasteiger partial charge in [0.25, 0.3) is 0 Å². The van der Waals surface area contributed by atoms with E-state index in [1.54, 1.807) is 0 Å². The molecule has 3 nitrogen and oxygen atoms in total. The number of aromatic nitrogens is 1. The van der Waals surface area contributed by atoms with E-state index in [1.807, 2.05) is 45.2 Å². The third kappa shape index (κ3) is 9.19. The number of carbonyl (C=O) groups is 1. The normalized spacial score (nSPS) is 12.2. The minimum atomic E-state index is 0. The number of ketones is 1. The molecule has 5 heteroatoms. The molecule has 1 radical (unpaired) electrons. The summed E-state index contributed by atoms with van der Waals surface area (Å²) in [6, 6.07) is 23.7. The second-order valence-corrected chi connectivity index (χ2v) is 15.0. The Labute approximate surface area is 300 Å². The Balaban J connectivity index is 0.000000322. The third-order valence-corrected chi connectivity index (χ3v) is 10.2. The van der Waals surface area contributed by atoms with Gasteiger partial charge in [-0.3, -0.25) is 9.78 Å². The van der Waals surface area contributed by atoms with E-state index < -0.39 is 0 Å². The molecule has 253 valence electrons. The zero-order valence-corrected chi connectivity index (χ0v) is 32.9. The molecule has 2 aromatic heterocycles. The predicted molar refractivity (Wildman–Crippen MR) is 200 cm³/mol. The number of allylic oxidation sites excluding steroid dienone is 2. The van der Waals surface area contributed by atoms with Crippen LogP contribution in [0.25, 0.3) is 42.2 Å². The van der Waals surface area contributed by atoms with Crippen LogP contribution in [0.4, 0.5) is 0 Å². The molecule has 0 amide bonds. The van der Waals surface area contributed by atoms with Crippen LogP contribution in [0.1, 0.15) is 99.1 Å². The maximum atomic E-state index is 11.7. The molecule has 0 aliphatic carbocycles. The quantitative estimate of drug-likeness (QED) is 0.0867. The van der Waals surface area contributed by atoms with E-state index in [4.69, 9.17) is 4.98 Å². The molecular formula is C42H52IrNO2S-. The van der Waals surface area contributed by atoms with Crippen molar-refractivity contribution in [2.75, 3.05) is 0 Å². The van der Waals surface area contributed by atoms with Crippen LogP contribution >= 0.6 is 11.3 Å². The van der Waals surface area contributed by atoms with Crippen molar-refractivity contribution >= 4 is 48.1 Å². The first kappa shape index (κ1) is 38.6. The summed E-state index contributed by atoms with van der Waals surface area (Å²) in [5, 5.41) is 14.8. The molecule has 0 saturated carbocycles. The molecule has 3 aromatic carbocycles. The molecule has 0 atom stereocenters. The third-order valence-electron chi connectivity index (χ3n) is 9.02. The van der Waals surface area contributed by atoms with Crippen molar-refractivity contribution in [2.24, 2.45) is 17.8 Å². The SMILES string of the molecule is CC(C)Cc1ccc2c(c1)sc1c(-c3[c-]c4ccccc4c(C(C)(C)C)c3)nccc12.CCC(CC)C(=O)/C=C(\O)C(CC)CC.[Ir]. The number of fused-ring (bicyclic) bond motifs is 4. The van der Waals surface area contributed by atoms with E-state index in [-0.39, 0.29) is 48.9 Å². The van der Waals surface area contributed by atoms with E-state index in [9.17, 15) is 9.90 Å².